The van der Waals surface area contributed by atoms with Crippen molar-refractivity contribution in [1.29, 1.82) is 0 Å². The van der Waals surface area contributed by atoms with Crippen LogP contribution in [0.5, 0.6) is 0 Å². The van der Waals surface area contributed by atoms with Gasteiger partial charge in [0.25, 0.3) is 0 Å². The van der Waals surface area contributed by atoms with E-state index in [1.54, 1.807) is 0 Å². The van der Waals surface area contributed by atoms with Crippen molar-refractivity contribution in [1.82, 2.24) is 5.32 Å². The molecule has 26 heavy (non-hydrogen) atoms. The molecule has 2 nitrogen and oxygen atoms in total. The molecule has 0 aliphatic heterocycles. The molecule has 1 fully saturated rings. The van der Waals surface area contributed by atoms with Crippen molar-refractivity contribution < 1.29 is 4.43 Å². The first kappa shape index (κ1) is 22.2. The highest BCUT2D eigenvalue weighted by atomic mass is 35.5. The van der Waals surface area contributed by atoms with E-state index in [1.165, 1.54) is 6.42 Å². The summed E-state index contributed by atoms with van der Waals surface area (Å²) in [6.45, 7) is 15.3. The predicted molar refractivity (Wildman–Crippen MR) is 117 cm³/mol. The highest BCUT2D eigenvalue weighted by Crippen LogP contribution is 2.51. The first-order valence-corrected chi connectivity index (χ1v) is 13.3. The minimum absolute atomic E-state index is 0.0796. The molecule has 1 aromatic rings. The molecule has 0 amide bonds. The Morgan fingerprint density at radius 1 is 1.15 bits per heavy atom. The van der Waals surface area contributed by atoms with Gasteiger partial charge in [-0.15, -0.1) is 0 Å². The van der Waals surface area contributed by atoms with Gasteiger partial charge >= 0.3 is 0 Å². The summed E-state index contributed by atoms with van der Waals surface area (Å²) in [4.78, 5) is 0. The molecule has 1 aliphatic rings. The smallest absolute Gasteiger partial charge is 0.192 e. The molecular formula is C21H35Cl2NOSi. The fourth-order valence-electron chi connectivity index (χ4n) is 3.84. The van der Waals surface area contributed by atoms with Crippen LogP contribution in [0, 0.1) is 18.3 Å². The summed E-state index contributed by atoms with van der Waals surface area (Å²) in [6, 6.07) is 7.35. The van der Waals surface area contributed by atoms with E-state index in [4.69, 9.17) is 27.6 Å². The largest absolute Gasteiger partial charge is 0.409 e. The minimum atomic E-state index is -1.77. The fraction of sp³-hybridized carbons (Fsp3) is 0.714. The molecule has 1 N–H and O–H groups in total. The van der Waals surface area contributed by atoms with E-state index in [0.29, 0.717) is 5.41 Å². The molecule has 2 unspecified atom stereocenters. The van der Waals surface area contributed by atoms with Crippen molar-refractivity contribution in [2.24, 2.45) is 11.3 Å². The summed E-state index contributed by atoms with van der Waals surface area (Å²) in [5, 5.41) is 5.09. The third-order valence-electron chi connectivity index (χ3n) is 6.31. The van der Waals surface area contributed by atoms with Crippen LogP contribution in [0.3, 0.4) is 0 Å². The van der Waals surface area contributed by atoms with Gasteiger partial charge in [-0.3, -0.25) is 0 Å². The Hall–Kier alpha value is -0.0631. The van der Waals surface area contributed by atoms with Crippen molar-refractivity contribution in [3.63, 3.8) is 0 Å². The Morgan fingerprint density at radius 2 is 1.65 bits per heavy atom. The van der Waals surface area contributed by atoms with E-state index in [0.717, 1.165) is 58.3 Å². The monoisotopic (exact) mass is 415 g/mol. The van der Waals surface area contributed by atoms with E-state index in [1.807, 2.05) is 19.1 Å². The van der Waals surface area contributed by atoms with Crippen LogP contribution >= 0.6 is 23.2 Å². The number of hydrogen-bond donors (Lipinski definition) is 1. The van der Waals surface area contributed by atoms with Crippen molar-refractivity contribution in [2.45, 2.75) is 72.2 Å². The van der Waals surface area contributed by atoms with Crippen LogP contribution in [0.25, 0.3) is 0 Å². The van der Waals surface area contributed by atoms with Gasteiger partial charge in [-0.05, 0) is 67.1 Å². The van der Waals surface area contributed by atoms with Crippen LogP contribution in [0.15, 0.2) is 12.1 Å². The van der Waals surface area contributed by atoms with Gasteiger partial charge < -0.3 is 9.74 Å². The summed E-state index contributed by atoms with van der Waals surface area (Å²) in [7, 11) is -1.77. The predicted octanol–water partition coefficient (Wildman–Crippen LogP) is 7.00. The van der Waals surface area contributed by atoms with Gasteiger partial charge in [-0.2, -0.15) is 0 Å². The van der Waals surface area contributed by atoms with Crippen molar-refractivity contribution in [2.75, 3.05) is 13.1 Å². The summed E-state index contributed by atoms with van der Waals surface area (Å²) in [6.07, 6.45) is 1.22. The summed E-state index contributed by atoms with van der Waals surface area (Å²) >= 11 is 13.2. The Bertz CT molecular complexity index is 585. The second-order valence-electron chi connectivity index (χ2n) is 8.54. The lowest BCUT2D eigenvalue weighted by Crippen LogP contribution is -2.40. The van der Waals surface area contributed by atoms with Gasteiger partial charge in [-0.1, -0.05) is 57.8 Å². The molecule has 0 spiro atoms. The number of rotatable bonds is 10. The molecule has 1 saturated carbocycles. The molecule has 148 valence electrons. The fourth-order valence-corrected chi connectivity index (χ4v) is 7.48. The van der Waals surface area contributed by atoms with Crippen LogP contribution in [-0.4, -0.2) is 21.4 Å². The average Bonchev–Trinajstić information content (AvgIpc) is 3.18. The number of hydrogen-bond acceptors (Lipinski definition) is 2. The molecule has 0 bridgehead atoms. The Labute approximate surface area is 171 Å². The number of halogens is 2. The normalized spacial score (nSPS) is 20.2. The summed E-state index contributed by atoms with van der Waals surface area (Å²) in [5.41, 5.74) is 2.52. The van der Waals surface area contributed by atoms with Crippen molar-refractivity contribution in [3.8, 4) is 0 Å². The second-order valence-corrected chi connectivity index (χ2v) is 14.1. The highest BCUT2D eigenvalue weighted by molar-refractivity contribution is 6.73. The first-order chi connectivity index (χ1) is 12.2. The molecule has 0 radical (unpaired) electrons. The SMILES string of the molecule is CC[Si](CC)(CC)OC(CNCC1CC1(C)C)c1c(Cl)cc(C)cc1Cl. The van der Waals surface area contributed by atoms with Crippen molar-refractivity contribution >= 4 is 31.5 Å². The summed E-state index contributed by atoms with van der Waals surface area (Å²) in [5.74, 6) is 0.762. The molecular weight excluding hydrogens is 381 g/mol. The molecule has 5 heteroatoms. The topological polar surface area (TPSA) is 21.3 Å². The molecule has 0 saturated heterocycles. The molecule has 0 aromatic heterocycles. The van der Waals surface area contributed by atoms with Gasteiger partial charge in [0.2, 0.25) is 0 Å². The third kappa shape index (κ3) is 5.26. The average molecular weight is 417 g/mol. The summed E-state index contributed by atoms with van der Waals surface area (Å²) < 4.78 is 6.84. The van der Waals surface area contributed by atoms with Gasteiger partial charge in [0, 0.05) is 22.2 Å². The lowest BCUT2D eigenvalue weighted by molar-refractivity contribution is 0.185. The maximum absolute atomic E-state index is 6.84. The Balaban J connectivity index is 2.21. The number of nitrogens with one attached hydrogen (secondary N) is 1. The van der Waals surface area contributed by atoms with Crippen LogP contribution < -0.4 is 5.32 Å². The Kier molecular flexibility index (Phi) is 7.66. The lowest BCUT2D eigenvalue weighted by atomic mass is 10.1. The van der Waals surface area contributed by atoms with E-state index in [9.17, 15) is 0 Å². The lowest BCUT2D eigenvalue weighted by Gasteiger charge is -2.34. The number of aryl methyl sites for hydroxylation is 1. The zero-order valence-electron chi connectivity index (χ0n) is 17.2. The van der Waals surface area contributed by atoms with Crippen LogP contribution in [0.1, 0.15) is 58.3 Å². The highest BCUT2D eigenvalue weighted by Gasteiger charge is 2.45. The molecule has 2 atom stereocenters. The van der Waals surface area contributed by atoms with Crippen molar-refractivity contribution in [3.05, 3.63) is 33.3 Å². The quantitative estimate of drug-likeness (QED) is 0.415. The first-order valence-electron chi connectivity index (χ1n) is 10.0. The molecule has 2 rings (SSSR count). The van der Waals surface area contributed by atoms with Gasteiger partial charge in [0.05, 0.1) is 6.10 Å². The standard InChI is InChI=1S/C21H35Cl2NOSi/c1-7-26(8-2,9-3)25-19(14-24-13-16-12-21(16,5)6)20-17(22)10-15(4)11-18(20)23/h10-11,16,19,24H,7-9,12-14H2,1-6H3. The maximum atomic E-state index is 6.84. The molecule has 1 aromatic carbocycles. The van der Waals surface area contributed by atoms with Crippen LogP contribution in [0.2, 0.25) is 28.2 Å². The zero-order valence-corrected chi connectivity index (χ0v) is 19.7. The molecule has 1 aliphatic carbocycles. The van der Waals surface area contributed by atoms with Gasteiger partial charge in [0.1, 0.15) is 0 Å². The third-order valence-corrected chi connectivity index (χ3v) is 11.6. The van der Waals surface area contributed by atoms with Gasteiger partial charge in [-0.25, -0.2) is 0 Å². The van der Waals surface area contributed by atoms with Crippen LogP contribution in [0.4, 0.5) is 0 Å². The Morgan fingerprint density at radius 3 is 2.08 bits per heavy atom. The van der Waals surface area contributed by atoms with Gasteiger partial charge in [0.15, 0.2) is 8.32 Å². The van der Waals surface area contributed by atoms with E-state index >= 15 is 0 Å². The van der Waals surface area contributed by atoms with E-state index in [-0.39, 0.29) is 6.10 Å². The number of benzene rings is 1. The van der Waals surface area contributed by atoms with Crippen LogP contribution in [-0.2, 0) is 4.43 Å². The van der Waals surface area contributed by atoms with E-state index < -0.39 is 8.32 Å². The second kappa shape index (κ2) is 8.96. The zero-order chi connectivity index (χ0) is 19.5. The minimum Gasteiger partial charge on any atom is -0.409 e. The van der Waals surface area contributed by atoms with E-state index in [2.05, 4.69) is 39.9 Å². The maximum Gasteiger partial charge on any atom is 0.192 e. The molecule has 0 heterocycles.